The molecule has 94 valence electrons. The van der Waals surface area contributed by atoms with E-state index in [9.17, 15) is 0 Å². The quantitative estimate of drug-likeness (QED) is 0.791. The first-order chi connectivity index (χ1) is 8.69. The van der Waals surface area contributed by atoms with Gasteiger partial charge in [0.1, 0.15) is 11.0 Å². The van der Waals surface area contributed by atoms with Crippen molar-refractivity contribution < 1.29 is 9.47 Å². The Hall–Kier alpha value is -1.81. The minimum absolute atomic E-state index is 0.353. The zero-order valence-corrected chi connectivity index (χ0v) is 10.9. The molecule has 0 spiro atoms. The highest BCUT2D eigenvalue weighted by Crippen LogP contribution is 2.30. The van der Waals surface area contributed by atoms with Gasteiger partial charge in [0, 0.05) is 6.07 Å². The summed E-state index contributed by atoms with van der Waals surface area (Å²) in [6.07, 6.45) is 0. The maximum atomic E-state index is 5.85. The van der Waals surface area contributed by atoms with Crippen LogP contribution in [0.1, 0.15) is 12.7 Å². The number of aromatic nitrogens is 2. The number of aryl methyl sites for hydroxylation is 1. The normalized spacial score (nSPS) is 10.2. The van der Waals surface area contributed by atoms with Crippen molar-refractivity contribution in [2.75, 3.05) is 6.61 Å². The summed E-state index contributed by atoms with van der Waals surface area (Å²) >= 11 is 5.85. The lowest BCUT2D eigenvalue weighted by Crippen LogP contribution is -1.97. The molecule has 0 aliphatic rings. The first-order valence-electron chi connectivity index (χ1n) is 5.60. The van der Waals surface area contributed by atoms with Gasteiger partial charge in [0.05, 0.1) is 6.61 Å². The third-order valence-electron chi connectivity index (χ3n) is 2.15. The maximum absolute atomic E-state index is 5.85. The lowest BCUT2D eigenvalue weighted by atomic mass is 10.3. The van der Waals surface area contributed by atoms with E-state index in [1.165, 1.54) is 0 Å². The molecule has 0 amide bonds. The van der Waals surface area contributed by atoms with Crippen LogP contribution in [0.4, 0.5) is 0 Å². The van der Waals surface area contributed by atoms with Crippen LogP contribution in [0.3, 0.4) is 0 Å². The minimum atomic E-state index is 0.353. The molecule has 0 aliphatic heterocycles. The molecule has 2 rings (SSSR count). The number of rotatable bonds is 4. The summed E-state index contributed by atoms with van der Waals surface area (Å²) in [5.41, 5.74) is 0. The van der Waals surface area contributed by atoms with Gasteiger partial charge in [-0.3, -0.25) is 0 Å². The number of nitrogens with zero attached hydrogens (tertiary/aromatic N) is 2. The molecule has 1 heterocycles. The van der Waals surface area contributed by atoms with E-state index in [1.54, 1.807) is 13.0 Å². The number of para-hydroxylation sites is 2. The zero-order valence-electron chi connectivity index (χ0n) is 10.2. The summed E-state index contributed by atoms with van der Waals surface area (Å²) in [5, 5.41) is 0.353. The van der Waals surface area contributed by atoms with Gasteiger partial charge in [-0.25, -0.2) is 4.98 Å². The third-order valence-corrected chi connectivity index (χ3v) is 2.34. The van der Waals surface area contributed by atoms with Crippen molar-refractivity contribution in [3.05, 3.63) is 41.3 Å². The van der Waals surface area contributed by atoms with E-state index in [0.29, 0.717) is 35.0 Å². The SMILES string of the molecule is CCOc1ccccc1Oc1cc(Cl)nc(C)n1. The molecule has 0 radical (unpaired) electrons. The standard InChI is InChI=1S/C13H13ClN2O2/c1-3-17-10-6-4-5-7-11(10)18-13-8-12(14)15-9(2)16-13/h4-8H,3H2,1-2H3. The van der Waals surface area contributed by atoms with E-state index >= 15 is 0 Å². The Balaban J connectivity index is 2.27. The van der Waals surface area contributed by atoms with Crippen molar-refractivity contribution in [1.29, 1.82) is 0 Å². The van der Waals surface area contributed by atoms with Gasteiger partial charge < -0.3 is 9.47 Å². The fourth-order valence-electron chi connectivity index (χ4n) is 1.48. The molecular formula is C13H13ClN2O2. The molecule has 0 fully saturated rings. The van der Waals surface area contributed by atoms with Gasteiger partial charge in [0.15, 0.2) is 11.5 Å². The van der Waals surface area contributed by atoms with E-state index in [4.69, 9.17) is 21.1 Å². The number of hydrogen-bond donors (Lipinski definition) is 0. The topological polar surface area (TPSA) is 44.2 Å². The van der Waals surface area contributed by atoms with Crippen molar-refractivity contribution in [1.82, 2.24) is 9.97 Å². The zero-order chi connectivity index (χ0) is 13.0. The van der Waals surface area contributed by atoms with E-state index in [1.807, 2.05) is 31.2 Å². The van der Waals surface area contributed by atoms with Crippen LogP contribution >= 0.6 is 11.6 Å². The average molecular weight is 265 g/mol. The number of halogens is 1. The van der Waals surface area contributed by atoms with Crippen LogP contribution in [0.2, 0.25) is 5.15 Å². The van der Waals surface area contributed by atoms with Gasteiger partial charge in [-0.2, -0.15) is 4.98 Å². The van der Waals surface area contributed by atoms with E-state index < -0.39 is 0 Å². The van der Waals surface area contributed by atoms with Crippen LogP contribution < -0.4 is 9.47 Å². The molecule has 4 nitrogen and oxygen atoms in total. The molecule has 0 saturated heterocycles. The van der Waals surface area contributed by atoms with Crippen LogP contribution in [-0.2, 0) is 0 Å². The number of benzene rings is 1. The second-order valence-corrected chi connectivity index (χ2v) is 3.95. The van der Waals surface area contributed by atoms with Crippen LogP contribution in [0, 0.1) is 6.92 Å². The van der Waals surface area contributed by atoms with Gasteiger partial charge in [-0.05, 0) is 26.0 Å². The maximum Gasteiger partial charge on any atom is 0.224 e. The Bertz CT molecular complexity index is 526. The van der Waals surface area contributed by atoms with Crippen molar-refractivity contribution in [3.63, 3.8) is 0 Å². The van der Waals surface area contributed by atoms with Crippen molar-refractivity contribution >= 4 is 11.6 Å². The van der Waals surface area contributed by atoms with Crippen LogP contribution in [0.25, 0.3) is 0 Å². The van der Waals surface area contributed by atoms with E-state index in [2.05, 4.69) is 9.97 Å². The first kappa shape index (κ1) is 12.6. The second kappa shape index (κ2) is 5.69. The molecule has 2 aromatic rings. The van der Waals surface area contributed by atoms with E-state index in [-0.39, 0.29) is 0 Å². The Labute approximate surface area is 111 Å². The number of ether oxygens (including phenoxy) is 2. The highest BCUT2D eigenvalue weighted by molar-refractivity contribution is 6.29. The average Bonchev–Trinajstić information content (AvgIpc) is 2.30. The van der Waals surface area contributed by atoms with Crippen molar-refractivity contribution in [2.45, 2.75) is 13.8 Å². The summed E-state index contributed by atoms with van der Waals surface area (Å²) in [7, 11) is 0. The molecule has 1 aromatic heterocycles. The molecule has 18 heavy (non-hydrogen) atoms. The van der Waals surface area contributed by atoms with Gasteiger partial charge in [0.2, 0.25) is 5.88 Å². The van der Waals surface area contributed by atoms with E-state index in [0.717, 1.165) is 0 Å². The second-order valence-electron chi connectivity index (χ2n) is 3.56. The number of hydrogen-bond acceptors (Lipinski definition) is 4. The van der Waals surface area contributed by atoms with Crippen molar-refractivity contribution in [3.8, 4) is 17.4 Å². The Morgan fingerprint density at radius 2 is 1.89 bits per heavy atom. The smallest absolute Gasteiger partial charge is 0.224 e. The third kappa shape index (κ3) is 3.11. The Morgan fingerprint density at radius 3 is 2.56 bits per heavy atom. The summed E-state index contributed by atoms with van der Waals surface area (Å²) in [6, 6.07) is 8.98. The Kier molecular flexibility index (Phi) is 3.99. The summed E-state index contributed by atoms with van der Waals surface area (Å²) in [5.74, 6) is 2.24. The predicted octanol–water partition coefficient (Wildman–Crippen LogP) is 3.63. The van der Waals surface area contributed by atoms with Gasteiger partial charge >= 0.3 is 0 Å². The Morgan fingerprint density at radius 1 is 1.17 bits per heavy atom. The monoisotopic (exact) mass is 264 g/mol. The predicted molar refractivity (Wildman–Crippen MR) is 69.5 cm³/mol. The van der Waals surface area contributed by atoms with Crippen molar-refractivity contribution in [2.24, 2.45) is 0 Å². The molecule has 0 bridgehead atoms. The van der Waals surface area contributed by atoms with Crippen LogP contribution in [-0.4, -0.2) is 16.6 Å². The molecular weight excluding hydrogens is 252 g/mol. The first-order valence-corrected chi connectivity index (χ1v) is 5.97. The highest BCUT2D eigenvalue weighted by atomic mass is 35.5. The lowest BCUT2D eigenvalue weighted by molar-refractivity contribution is 0.319. The molecule has 0 unspecified atom stereocenters. The highest BCUT2D eigenvalue weighted by Gasteiger charge is 2.07. The molecule has 0 N–H and O–H groups in total. The largest absolute Gasteiger partial charge is 0.490 e. The fourth-order valence-corrected chi connectivity index (χ4v) is 1.70. The molecule has 1 aromatic carbocycles. The van der Waals surface area contributed by atoms with Crippen LogP contribution in [0.15, 0.2) is 30.3 Å². The van der Waals surface area contributed by atoms with Gasteiger partial charge in [0.25, 0.3) is 0 Å². The molecule has 5 heteroatoms. The minimum Gasteiger partial charge on any atom is -0.490 e. The fraction of sp³-hybridized carbons (Fsp3) is 0.231. The van der Waals surface area contributed by atoms with Gasteiger partial charge in [-0.15, -0.1) is 0 Å². The summed E-state index contributed by atoms with van der Waals surface area (Å²) in [4.78, 5) is 8.13. The van der Waals surface area contributed by atoms with Gasteiger partial charge in [-0.1, -0.05) is 23.7 Å². The lowest BCUT2D eigenvalue weighted by Gasteiger charge is -2.10. The molecule has 0 atom stereocenters. The molecule has 0 saturated carbocycles. The summed E-state index contributed by atoms with van der Waals surface area (Å²) < 4.78 is 11.1. The molecule has 0 aliphatic carbocycles. The summed E-state index contributed by atoms with van der Waals surface area (Å²) in [6.45, 7) is 4.25. The van der Waals surface area contributed by atoms with Crippen LogP contribution in [0.5, 0.6) is 17.4 Å².